The molecule has 0 amide bonds. The van der Waals surface area contributed by atoms with E-state index in [-0.39, 0.29) is 0 Å². The molecule has 1 aromatic carbocycles. The van der Waals surface area contributed by atoms with Crippen LogP contribution in [0.4, 0.5) is 5.69 Å². The van der Waals surface area contributed by atoms with Gasteiger partial charge in [0.25, 0.3) is 0 Å². The van der Waals surface area contributed by atoms with Crippen LogP contribution in [-0.4, -0.2) is 9.97 Å². The second-order valence-electron chi connectivity index (χ2n) is 3.77. The number of nitrogen functional groups attached to an aromatic ring is 1. The first-order chi connectivity index (χ1) is 7.72. The van der Waals surface area contributed by atoms with Crippen molar-refractivity contribution in [1.29, 1.82) is 0 Å². The standard InChI is InChI=1S/C13H15N3/c1-3-10-4-6-11(7-5-10)13-12(14)9(2)15-8-16-13/h4-8H,3,14H2,1-2H3. The van der Waals surface area contributed by atoms with Gasteiger partial charge in [-0.15, -0.1) is 0 Å². The van der Waals surface area contributed by atoms with E-state index in [1.54, 1.807) is 6.33 Å². The molecular formula is C13H15N3. The van der Waals surface area contributed by atoms with Gasteiger partial charge < -0.3 is 5.73 Å². The van der Waals surface area contributed by atoms with Crippen molar-refractivity contribution < 1.29 is 0 Å². The largest absolute Gasteiger partial charge is 0.395 e. The first-order valence-electron chi connectivity index (χ1n) is 5.38. The number of benzene rings is 1. The first kappa shape index (κ1) is 10.6. The van der Waals surface area contributed by atoms with Gasteiger partial charge in [-0.25, -0.2) is 9.97 Å². The van der Waals surface area contributed by atoms with Crippen molar-refractivity contribution in [3.05, 3.63) is 41.9 Å². The molecule has 0 aliphatic rings. The van der Waals surface area contributed by atoms with Crippen LogP contribution < -0.4 is 5.73 Å². The van der Waals surface area contributed by atoms with Crippen LogP contribution in [0.2, 0.25) is 0 Å². The van der Waals surface area contributed by atoms with Crippen LogP contribution in [0.3, 0.4) is 0 Å². The quantitative estimate of drug-likeness (QED) is 0.834. The Morgan fingerprint density at radius 1 is 1.12 bits per heavy atom. The van der Waals surface area contributed by atoms with Gasteiger partial charge in [-0.05, 0) is 18.9 Å². The van der Waals surface area contributed by atoms with E-state index in [1.807, 2.05) is 6.92 Å². The molecule has 16 heavy (non-hydrogen) atoms. The highest BCUT2D eigenvalue weighted by Crippen LogP contribution is 2.24. The Balaban J connectivity index is 2.46. The summed E-state index contributed by atoms with van der Waals surface area (Å²) in [6.45, 7) is 4.03. The van der Waals surface area contributed by atoms with Crippen molar-refractivity contribution in [3.63, 3.8) is 0 Å². The highest BCUT2D eigenvalue weighted by molar-refractivity contribution is 5.73. The molecule has 0 fully saturated rings. The third-order valence-corrected chi connectivity index (χ3v) is 2.72. The zero-order valence-corrected chi connectivity index (χ0v) is 9.57. The molecule has 0 radical (unpaired) electrons. The Morgan fingerprint density at radius 3 is 2.44 bits per heavy atom. The van der Waals surface area contributed by atoms with E-state index in [1.165, 1.54) is 5.56 Å². The molecule has 82 valence electrons. The zero-order valence-electron chi connectivity index (χ0n) is 9.57. The SMILES string of the molecule is CCc1ccc(-c2ncnc(C)c2N)cc1. The van der Waals surface area contributed by atoms with E-state index in [0.29, 0.717) is 5.69 Å². The van der Waals surface area contributed by atoms with Crippen molar-refractivity contribution in [1.82, 2.24) is 9.97 Å². The maximum atomic E-state index is 5.96. The van der Waals surface area contributed by atoms with E-state index in [9.17, 15) is 0 Å². The summed E-state index contributed by atoms with van der Waals surface area (Å²) in [5, 5.41) is 0. The number of aromatic nitrogens is 2. The number of nitrogens with zero attached hydrogens (tertiary/aromatic N) is 2. The predicted octanol–water partition coefficient (Wildman–Crippen LogP) is 2.60. The third kappa shape index (κ3) is 1.89. The number of hydrogen-bond donors (Lipinski definition) is 1. The zero-order chi connectivity index (χ0) is 11.5. The van der Waals surface area contributed by atoms with Gasteiger partial charge in [0.15, 0.2) is 0 Å². The summed E-state index contributed by atoms with van der Waals surface area (Å²) < 4.78 is 0. The van der Waals surface area contributed by atoms with Gasteiger partial charge in [-0.3, -0.25) is 0 Å². The van der Waals surface area contributed by atoms with E-state index >= 15 is 0 Å². The fourth-order valence-electron chi connectivity index (χ4n) is 1.61. The minimum atomic E-state index is 0.659. The summed E-state index contributed by atoms with van der Waals surface area (Å²) >= 11 is 0. The molecule has 0 spiro atoms. The van der Waals surface area contributed by atoms with Gasteiger partial charge in [0.2, 0.25) is 0 Å². The average molecular weight is 213 g/mol. The van der Waals surface area contributed by atoms with Crippen molar-refractivity contribution >= 4 is 5.69 Å². The monoisotopic (exact) mass is 213 g/mol. The number of hydrogen-bond acceptors (Lipinski definition) is 3. The Morgan fingerprint density at radius 2 is 1.81 bits per heavy atom. The van der Waals surface area contributed by atoms with Crippen molar-refractivity contribution in [2.24, 2.45) is 0 Å². The fourth-order valence-corrected chi connectivity index (χ4v) is 1.61. The summed E-state index contributed by atoms with van der Waals surface area (Å²) in [5.41, 5.74) is 10.6. The van der Waals surface area contributed by atoms with Crippen molar-refractivity contribution in [2.75, 3.05) is 5.73 Å². The molecule has 0 unspecified atom stereocenters. The number of nitrogens with two attached hydrogens (primary N) is 1. The van der Waals surface area contributed by atoms with Crippen LogP contribution in [0.25, 0.3) is 11.3 Å². The van der Waals surface area contributed by atoms with Crippen LogP contribution in [0.5, 0.6) is 0 Å². The average Bonchev–Trinajstić information content (AvgIpc) is 2.33. The molecule has 1 heterocycles. The van der Waals surface area contributed by atoms with Crippen LogP contribution in [0, 0.1) is 6.92 Å². The second-order valence-corrected chi connectivity index (χ2v) is 3.77. The fraction of sp³-hybridized carbons (Fsp3) is 0.231. The Kier molecular flexibility index (Phi) is 2.86. The van der Waals surface area contributed by atoms with E-state index < -0.39 is 0 Å². The molecule has 0 aliphatic carbocycles. The molecule has 2 rings (SSSR count). The Labute approximate surface area is 95.4 Å². The summed E-state index contributed by atoms with van der Waals surface area (Å²) in [6, 6.07) is 8.31. The highest BCUT2D eigenvalue weighted by Gasteiger charge is 2.06. The minimum absolute atomic E-state index is 0.659. The van der Waals surface area contributed by atoms with Crippen LogP contribution in [-0.2, 0) is 6.42 Å². The topological polar surface area (TPSA) is 51.8 Å². The lowest BCUT2D eigenvalue weighted by molar-refractivity contribution is 1.11. The molecule has 0 aliphatic heterocycles. The van der Waals surface area contributed by atoms with E-state index in [0.717, 1.165) is 23.4 Å². The molecule has 0 saturated carbocycles. The smallest absolute Gasteiger partial charge is 0.116 e. The lowest BCUT2D eigenvalue weighted by atomic mass is 10.1. The summed E-state index contributed by atoms with van der Waals surface area (Å²) in [4.78, 5) is 8.29. The summed E-state index contributed by atoms with van der Waals surface area (Å²) in [7, 11) is 0. The third-order valence-electron chi connectivity index (χ3n) is 2.72. The molecule has 2 aromatic rings. The predicted molar refractivity (Wildman–Crippen MR) is 66.0 cm³/mol. The highest BCUT2D eigenvalue weighted by atomic mass is 14.9. The molecule has 0 bridgehead atoms. The van der Waals surface area contributed by atoms with Gasteiger partial charge in [-0.2, -0.15) is 0 Å². The lowest BCUT2D eigenvalue weighted by Crippen LogP contribution is -1.98. The van der Waals surface area contributed by atoms with Crippen molar-refractivity contribution in [3.8, 4) is 11.3 Å². The van der Waals surface area contributed by atoms with E-state index in [2.05, 4.69) is 41.2 Å². The van der Waals surface area contributed by atoms with Gasteiger partial charge in [0.05, 0.1) is 17.1 Å². The molecule has 3 heteroatoms. The molecule has 0 saturated heterocycles. The van der Waals surface area contributed by atoms with Gasteiger partial charge in [0, 0.05) is 5.56 Å². The first-order valence-corrected chi connectivity index (χ1v) is 5.38. The van der Waals surface area contributed by atoms with Gasteiger partial charge in [0.1, 0.15) is 6.33 Å². The molecule has 3 nitrogen and oxygen atoms in total. The maximum Gasteiger partial charge on any atom is 0.116 e. The van der Waals surface area contributed by atoms with Crippen LogP contribution in [0.1, 0.15) is 18.2 Å². The summed E-state index contributed by atoms with van der Waals surface area (Å²) in [6.07, 6.45) is 2.59. The van der Waals surface area contributed by atoms with Crippen LogP contribution >= 0.6 is 0 Å². The van der Waals surface area contributed by atoms with Crippen LogP contribution in [0.15, 0.2) is 30.6 Å². The number of anilines is 1. The van der Waals surface area contributed by atoms with Gasteiger partial charge in [-0.1, -0.05) is 31.2 Å². The Bertz CT molecular complexity index is 489. The van der Waals surface area contributed by atoms with E-state index in [4.69, 9.17) is 5.73 Å². The lowest BCUT2D eigenvalue weighted by Gasteiger charge is -2.06. The van der Waals surface area contributed by atoms with Gasteiger partial charge >= 0.3 is 0 Å². The van der Waals surface area contributed by atoms with Crippen molar-refractivity contribution in [2.45, 2.75) is 20.3 Å². The maximum absolute atomic E-state index is 5.96. The molecule has 1 aromatic heterocycles. The molecular weight excluding hydrogens is 198 g/mol. The number of rotatable bonds is 2. The normalized spacial score (nSPS) is 10.4. The second kappa shape index (κ2) is 4.31. The number of aryl methyl sites for hydroxylation is 2. The minimum Gasteiger partial charge on any atom is -0.395 e. The Hall–Kier alpha value is -1.90. The molecule has 0 atom stereocenters. The molecule has 2 N–H and O–H groups in total. The summed E-state index contributed by atoms with van der Waals surface area (Å²) in [5.74, 6) is 0.